The number of imidazole rings is 1. The molecule has 8 nitrogen and oxygen atoms in total. The van der Waals surface area contributed by atoms with E-state index >= 15 is 0 Å². The average molecular weight is 407 g/mol. The van der Waals surface area contributed by atoms with Crippen LogP contribution in [0.2, 0.25) is 0 Å². The van der Waals surface area contributed by atoms with Crippen molar-refractivity contribution in [3.8, 4) is 11.5 Å². The highest BCUT2D eigenvalue weighted by Crippen LogP contribution is 2.38. The minimum Gasteiger partial charge on any atom is -0.497 e. The van der Waals surface area contributed by atoms with Gasteiger partial charge in [-0.3, -0.25) is 4.79 Å². The third-order valence-electron chi connectivity index (χ3n) is 5.30. The summed E-state index contributed by atoms with van der Waals surface area (Å²) < 4.78 is 10.8. The predicted molar refractivity (Wildman–Crippen MR) is 116 cm³/mol. The van der Waals surface area contributed by atoms with E-state index in [1.807, 2.05) is 41.3 Å². The van der Waals surface area contributed by atoms with Gasteiger partial charge in [0.05, 0.1) is 37.0 Å². The number of benzene rings is 2. The molecule has 2 aromatic carbocycles. The molecule has 0 saturated heterocycles. The molecule has 1 aliphatic heterocycles. The van der Waals surface area contributed by atoms with Crippen LogP contribution in [0.25, 0.3) is 16.6 Å². The summed E-state index contributed by atoms with van der Waals surface area (Å²) in [5, 5.41) is 0. The Bertz CT molecular complexity index is 1070. The van der Waals surface area contributed by atoms with Crippen LogP contribution in [0.1, 0.15) is 18.7 Å². The molecule has 5 N–H and O–H groups in total. The van der Waals surface area contributed by atoms with Crippen molar-refractivity contribution in [3.05, 3.63) is 54.1 Å². The van der Waals surface area contributed by atoms with E-state index < -0.39 is 6.04 Å². The quantitative estimate of drug-likeness (QED) is 0.550. The molecule has 0 amide bonds. The molecular formula is C22H25N5O3. The molecule has 1 atom stereocenters. The number of fused-ring (bicyclic) bond motifs is 1. The van der Waals surface area contributed by atoms with E-state index in [0.29, 0.717) is 53.8 Å². The third kappa shape index (κ3) is 3.35. The molecule has 2 heterocycles. The molecule has 0 spiro atoms. The number of ether oxygens (including phenoxy) is 2. The summed E-state index contributed by atoms with van der Waals surface area (Å²) in [5.74, 6) is 1.95. The van der Waals surface area contributed by atoms with Crippen molar-refractivity contribution in [3.63, 3.8) is 0 Å². The molecular weight excluding hydrogens is 382 g/mol. The fourth-order valence-electron chi connectivity index (χ4n) is 3.83. The summed E-state index contributed by atoms with van der Waals surface area (Å²) in [6.45, 7) is 0.485. The number of carbonyl (C=O) groups is 1. The van der Waals surface area contributed by atoms with Gasteiger partial charge in [0, 0.05) is 18.2 Å². The van der Waals surface area contributed by atoms with Gasteiger partial charge in [0.15, 0.2) is 5.78 Å². The number of rotatable bonds is 7. The van der Waals surface area contributed by atoms with Gasteiger partial charge in [-0.25, -0.2) is 4.98 Å². The number of nitrogens with zero attached hydrogens (tertiary/aromatic N) is 2. The smallest absolute Gasteiger partial charge is 0.193 e. The first kappa shape index (κ1) is 19.8. The largest absolute Gasteiger partial charge is 0.497 e. The molecule has 0 bridgehead atoms. The molecule has 0 aliphatic carbocycles. The lowest BCUT2D eigenvalue weighted by atomic mass is 10.0. The number of nitrogens with one attached hydrogen (secondary N) is 1. The van der Waals surface area contributed by atoms with Crippen molar-refractivity contribution in [1.82, 2.24) is 9.97 Å². The van der Waals surface area contributed by atoms with E-state index in [0.717, 1.165) is 11.0 Å². The Hall–Kier alpha value is -3.52. The van der Waals surface area contributed by atoms with Crippen molar-refractivity contribution in [2.75, 3.05) is 25.7 Å². The van der Waals surface area contributed by atoms with Crippen LogP contribution in [0.3, 0.4) is 0 Å². The Kier molecular flexibility index (Phi) is 5.33. The topological polar surface area (TPSA) is 119 Å². The van der Waals surface area contributed by atoms with E-state index in [2.05, 4.69) is 9.97 Å². The van der Waals surface area contributed by atoms with Gasteiger partial charge in [-0.15, -0.1) is 0 Å². The lowest BCUT2D eigenvalue weighted by molar-refractivity contribution is -0.114. The average Bonchev–Trinajstić information content (AvgIpc) is 3.29. The Morgan fingerprint density at radius 3 is 2.47 bits per heavy atom. The SMILES string of the molecule is COc1cc(OC)cc(N2C(N)=C(c3nc4ccccc4[nH]3)C(=O)C2CCCN)c1. The second-order valence-corrected chi connectivity index (χ2v) is 7.11. The molecule has 1 aromatic heterocycles. The summed E-state index contributed by atoms with van der Waals surface area (Å²) in [4.78, 5) is 23.1. The maximum atomic E-state index is 13.4. The van der Waals surface area contributed by atoms with Crippen LogP contribution in [0.4, 0.5) is 5.69 Å². The van der Waals surface area contributed by atoms with Crippen LogP contribution in [-0.2, 0) is 4.79 Å². The van der Waals surface area contributed by atoms with Crippen LogP contribution >= 0.6 is 0 Å². The number of para-hydroxylation sites is 2. The molecule has 1 aliphatic rings. The highest BCUT2D eigenvalue weighted by atomic mass is 16.5. The predicted octanol–water partition coefficient (Wildman–Crippen LogP) is 2.40. The van der Waals surface area contributed by atoms with Crippen LogP contribution in [0, 0.1) is 0 Å². The molecule has 8 heteroatoms. The minimum atomic E-state index is -0.478. The number of hydrogen-bond acceptors (Lipinski definition) is 7. The molecule has 3 aromatic rings. The first-order chi connectivity index (χ1) is 14.6. The molecule has 0 radical (unpaired) electrons. The Balaban J connectivity index is 1.84. The maximum absolute atomic E-state index is 13.4. The second-order valence-electron chi connectivity index (χ2n) is 7.11. The number of carbonyl (C=O) groups excluding carboxylic acids is 1. The summed E-state index contributed by atoms with van der Waals surface area (Å²) in [5.41, 5.74) is 15.0. The Labute approximate surface area is 174 Å². The fraction of sp³-hybridized carbons (Fsp3) is 0.273. The fourth-order valence-corrected chi connectivity index (χ4v) is 3.83. The molecule has 0 fully saturated rings. The molecule has 4 rings (SSSR count). The van der Waals surface area contributed by atoms with Gasteiger partial charge >= 0.3 is 0 Å². The van der Waals surface area contributed by atoms with Gasteiger partial charge in [-0.1, -0.05) is 12.1 Å². The van der Waals surface area contributed by atoms with Gasteiger partial charge in [0.2, 0.25) is 0 Å². The van der Waals surface area contributed by atoms with Crippen molar-refractivity contribution in [2.45, 2.75) is 18.9 Å². The van der Waals surface area contributed by atoms with Crippen molar-refractivity contribution in [1.29, 1.82) is 0 Å². The zero-order valence-corrected chi connectivity index (χ0v) is 17.0. The van der Waals surface area contributed by atoms with Crippen molar-refractivity contribution >= 4 is 28.1 Å². The number of hydrogen-bond donors (Lipinski definition) is 3. The zero-order chi connectivity index (χ0) is 21.3. The van der Waals surface area contributed by atoms with E-state index in [1.54, 1.807) is 20.3 Å². The number of nitrogens with two attached hydrogens (primary N) is 2. The standard InChI is InChI=1S/C22H25N5O3/c1-29-14-10-13(11-15(12-14)30-2)27-18(8-5-9-23)20(28)19(21(27)24)22-25-16-6-3-4-7-17(16)26-22/h3-4,6-7,10-12,18H,5,8-9,23-24H2,1-2H3,(H,25,26). The van der Waals surface area contributed by atoms with Gasteiger partial charge < -0.3 is 30.8 Å². The first-order valence-corrected chi connectivity index (χ1v) is 9.78. The van der Waals surface area contributed by atoms with E-state index in [4.69, 9.17) is 20.9 Å². The van der Waals surface area contributed by atoms with Gasteiger partial charge in [0.25, 0.3) is 0 Å². The van der Waals surface area contributed by atoms with Gasteiger partial charge in [-0.05, 0) is 31.5 Å². The zero-order valence-electron chi connectivity index (χ0n) is 17.0. The number of methoxy groups -OCH3 is 2. The number of Topliss-reactive ketones (excluding diaryl/α,β-unsaturated/α-hetero) is 1. The van der Waals surface area contributed by atoms with Crippen LogP contribution in [0.5, 0.6) is 11.5 Å². The van der Waals surface area contributed by atoms with E-state index in [9.17, 15) is 4.79 Å². The highest BCUT2D eigenvalue weighted by Gasteiger charge is 2.41. The van der Waals surface area contributed by atoms with Crippen molar-refractivity contribution < 1.29 is 14.3 Å². The second kappa shape index (κ2) is 8.08. The lowest BCUT2D eigenvalue weighted by Gasteiger charge is -2.27. The first-order valence-electron chi connectivity index (χ1n) is 9.78. The van der Waals surface area contributed by atoms with E-state index in [1.165, 1.54) is 0 Å². The molecule has 30 heavy (non-hydrogen) atoms. The molecule has 0 saturated carbocycles. The van der Waals surface area contributed by atoms with Crippen LogP contribution < -0.4 is 25.8 Å². The monoisotopic (exact) mass is 407 g/mol. The number of aromatic amines is 1. The van der Waals surface area contributed by atoms with Crippen molar-refractivity contribution in [2.24, 2.45) is 11.5 Å². The minimum absolute atomic E-state index is 0.0817. The summed E-state index contributed by atoms with van der Waals surface area (Å²) in [7, 11) is 3.16. The summed E-state index contributed by atoms with van der Waals surface area (Å²) in [6.07, 6.45) is 1.26. The molecule has 156 valence electrons. The maximum Gasteiger partial charge on any atom is 0.193 e. The molecule has 1 unspecified atom stereocenters. The summed E-state index contributed by atoms with van der Waals surface area (Å²) in [6, 6.07) is 12.6. The number of H-pyrrole nitrogens is 1. The van der Waals surface area contributed by atoms with Gasteiger partial charge in [-0.2, -0.15) is 0 Å². The van der Waals surface area contributed by atoms with Crippen LogP contribution in [0.15, 0.2) is 48.3 Å². The summed E-state index contributed by atoms with van der Waals surface area (Å²) >= 11 is 0. The van der Waals surface area contributed by atoms with Crippen LogP contribution in [-0.4, -0.2) is 42.6 Å². The third-order valence-corrected chi connectivity index (χ3v) is 5.30. The van der Waals surface area contributed by atoms with E-state index in [-0.39, 0.29) is 5.78 Å². The number of ketones is 1. The Morgan fingerprint density at radius 1 is 1.13 bits per heavy atom. The normalized spacial score (nSPS) is 16.6. The number of anilines is 1. The number of aromatic nitrogens is 2. The van der Waals surface area contributed by atoms with Gasteiger partial charge in [0.1, 0.15) is 28.7 Å². The lowest BCUT2D eigenvalue weighted by Crippen LogP contribution is -2.37. The Morgan fingerprint density at radius 2 is 1.83 bits per heavy atom. The highest BCUT2D eigenvalue weighted by molar-refractivity contribution is 6.27.